The van der Waals surface area contributed by atoms with Gasteiger partial charge in [-0.2, -0.15) is 0 Å². The molecule has 0 amide bonds. The number of nitrogen functional groups attached to an aromatic ring is 2. The van der Waals surface area contributed by atoms with Crippen LogP contribution in [0.25, 0.3) is 34.2 Å². The number of hydrogen-bond donors (Lipinski definition) is 2. The summed E-state index contributed by atoms with van der Waals surface area (Å²) in [5.74, 6) is 0. The topological polar surface area (TPSA) is 129 Å². The normalized spacial score (nSPS) is 9.79. The average molecular weight is 499 g/mol. The van der Waals surface area contributed by atoms with Crippen molar-refractivity contribution < 1.29 is 0 Å². The highest BCUT2D eigenvalue weighted by Gasteiger charge is 2.06. The molecule has 0 radical (unpaired) electrons. The maximum atomic E-state index is 5.79. The van der Waals surface area contributed by atoms with E-state index in [1.165, 1.54) is 0 Å². The van der Waals surface area contributed by atoms with Crippen LogP contribution in [0.1, 0.15) is 0 Å². The van der Waals surface area contributed by atoms with Gasteiger partial charge in [-0.1, -0.05) is 30.3 Å². The minimum Gasteiger partial charge on any atom is -0.397 e. The zero-order chi connectivity index (χ0) is 26.4. The lowest BCUT2D eigenvalue weighted by Gasteiger charge is -2.05. The minimum atomic E-state index is 0.478. The van der Waals surface area contributed by atoms with Crippen molar-refractivity contribution in [3.8, 4) is 34.2 Å². The summed E-state index contributed by atoms with van der Waals surface area (Å²) in [6, 6.07) is 30.4. The van der Waals surface area contributed by atoms with Crippen LogP contribution in [0, 0.1) is 0 Å². The Morgan fingerprint density at radius 1 is 0.342 bits per heavy atom. The number of anilines is 2. The summed E-state index contributed by atoms with van der Waals surface area (Å²) >= 11 is 0. The lowest BCUT2D eigenvalue weighted by atomic mass is 10.2. The number of hydrogen-bond acceptors (Lipinski definition) is 8. The fraction of sp³-hybridized carbons (Fsp3) is 0. The van der Waals surface area contributed by atoms with Crippen LogP contribution in [0.5, 0.6) is 0 Å². The van der Waals surface area contributed by atoms with E-state index in [1.54, 1.807) is 43.2 Å². The summed E-state index contributed by atoms with van der Waals surface area (Å²) in [6.45, 7) is 0. The molecule has 6 rings (SSSR count). The Morgan fingerprint density at radius 2 is 0.684 bits per heavy atom. The molecule has 0 fully saturated rings. The van der Waals surface area contributed by atoms with E-state index in [-0.39, 0.29) is 0 Å². The summed E-state index contributed by atoms with van der Waals surface area (Å²) < 4.78 is 0. The van der Waals surface area contributed by atoms with Crippen molar-refractivity contribution in [1.29, 1.82) is 0 Å². The fourth-order valence-corrected chi connectivity index (χ4v) is 3.25. The summed E-state index contributed by atoms with van der Waals surface area (Å²) in [5.41, 5.74) is 17.5. The molecule has 6 aromatic heterocycles. The third kappa shape index (κ3) is 7.25. The Balaban J connectivity index is 0.000000133. The first-order valence-electron chi connectivity index (χ1n) is 11.8. The Kier molecular flexibility index (Phi) is 9.13. The zero-order valence-electron chi connectivity index (χ0n) is 20.5. The van der Waals surface area contributed by atoms with E-state index in [0.717, 1.165) is 28.5 Å². The lowest BCUT2D eigenvalue weighted by Crippen LogP contribution is -1.99. The van der Waals surface area contributed by atoms with Gasteiger partial charge in [-0.05, 0) is 66.7 Å². The van der Waals surface area contributed by atoms with Crippen molar-refractivity contribution in [2.45, 2.75) is 0 Å². The molecule has 0 aromatic carbocycles. The van der Waals surface area contributed by atoms with E-state index < -0.39 is 0 Å². The van der Waals surface area contributed by atoms with E-state index >= 15 is 0 Å². The summed E-state index contributed by atoms with van der Waals surface area (Å²) in [6.07, 6.45) is 10.4. The van der Waals surface area contributed by atoms with Gasteiger partial charge in [0.2, 0.25) is 0 Å². The smallest absolute Gasteiger partial charge is 0.114 e. The van der Waals surface area contributed by atoms with Gasteiger partial charge in [0.15, 0.2) is 0 Å². The lowest BCUT2D eigenvalue weighted by molar-refractivity contribution is 1.25. The van der Waals surface area contributed by atoms with Crippen LogP contribution in [0.15, 0.2) is 134 Å². The molecule has 0 bridgehead atoms. The van der Waals surface area contributed by atoms with Gasteiger partial charge in [-0.15, -0.1) is 0 Å². The van der Waals surface area contributed by atoms with Crippen molar-refractivity contribution in [1.82, 2.24) is 29.9 Å². The molecule has 186 valence electrons. The average Bonchev–Trinajstić information content (AvgIpc) is 3.01. The molecule has 6 heterocycles. The van der Waals surface area contributed by atoms with Crippen molar-refractivity contribution in [3.63, 3.8) is 0 Å². The molecule has 0 aliphatic rings. The van der Waals surface area contributed by atoms with Crippen molar-refractivity contribution in [2.75, 3.05) is 11.5 Å². The van der Waals surface area contributed by atoms with E-state index in [2.05, 4.69) is 29.9 Å². The SMILES string of the molecule is Nc1ccnc(-c2ccccn2)c1N.c1ccc(-c2ccccn2)nc1.c1ccc(-c2ccccn2)nc1. The minimum absolute atomic E-state index is 0.478. The Bertz CT molecular complexity index is 1350. The van der Waals surface area contributed by atoms with Gasteiger partial charge in [0, 0.05) is 37.2 Å². The van der Waals surface area contributed by atoms with Crippen molar-refractivity contribution in [3.05, 3.63) is 134 Å². The van der Waals surface area contributed by atoms with Crippen LogP contribution in [0.2, 0.25) is 0 Å². The van der Waals surface area contributed by atoms with Crippen LogP contribution < -0.4 is 11.5 Å². The molecule has 4 N–H and O–H groups in total. The highest BCUT2D eigenvalue weighted by Crippen LogP contribution is 2.25. The third-order valence-corrected chi connectivity index (χ3v) is 5.12. The molecule has 0 saturated heterocycles. The zero-order valence-corrected chi connectivity index (χ0v) is 20.5. The van der Waals surface area contributed by atoms with E-state index in [9.17, 15) is 0 Å². The number of rotatable bonds is 3. The quantitative estimate of drug-likeness (QED) is 0.323. The van der Waals surface area contributed by atoms with Gasteiger partial charge >= 0.3 is 0 Å². The molecular formula is C30H26N8. The molecule has 0 unspecified atom stereocenters. The molecular weight excluding hydrogens is 472 g/mol. The summed E-state index contributed by atoms with van der Waals surface area (Å²) in [7, 11) is 0. The first kappa shape index (κ1) is 25.6. The molecule has 38 heavy (non-hydrogen) atoms. The second kappa shape index (κ2) is 13.6. The van der Waals surface area contributed by atoms with Crippen molar-refractivity contribution in [2.24, 2.45) is 0 Å². The Morgan fingerprint density at radius 3 is 1.00 bits per heavy atom. The molecule has 0 aliphatic heterocycles. The van der Waals surface area contributed by atoms with E-state index in [4.69, 9.17) is 11.5 Å². The van der Waals surface area contributed by atoms with Crippen LogP contribution in [-0.2, 0) is 0 Å². The fourth-order valence-electron chi connectivity index (χ4n) is 3.25. The number of aromatic nitrogens is 6. The maximum Gasteiger partial charge on any atom is 0.114 e. The highest BCUT2D eigenvalue weighted by molar-refractivity contribution is 5.79. The monoisotopic (exact) mass is 498 g/mol. The first-order chi connectivity index (χ1) is 18.7. The molecule has 0 aliphatic carbocycles. The Hall–Kier alpha value is -5.50. The van der Waals surface area contributed by atoms with Crippen LogP contribution in [0.4, 0.5) is 11.4 Å². The predicted molar refractivity (Wildman–Crippen MR) is 151 cm³/mol. The second-order valence-corrected chi connectivity index (χ2v) is 7.74. The van der Waals surface area contributed by atoms with Crippen LogP contribution >= 0.6 is 0 Å². The predicted octanol–water partition coefficient (Wildman–Crippen LogP) is 5.60. The van der Waals surface area contributed by atoms with Crippen LogP contribution in [0.3, 0.4) is 0 Å². The first-order valence-corrected chi connectivity index (χ1v) is 11.8. The van der Waals surface area contributed by atoms with Gasteiger partial charge in [-0.3, -0.25) is 29.9 Å². The van der Waals surface area contributed by atoms with Crippen LogP contribution in [-0.4, -0.2) is 29.9 Å². The largest absolute Gasteiger partial charge is 0.397 e. The van der Waals surface area contributed by atoms with Gasteiger partial charge < -0.3 is 11.5 Å². The maximum absolute atomic E-state index is 5.79. The molecule has 8 nitrogen and oxygen atoms in total. The molecule has 0 saturated carbocycles. The third-order valence-electron chi connectivity index (χ3n) is 5.12. The Labute approximate surface area is 221 Å². The van der Waals surface area contributed by atoms with E-state index in [0.29, 0.717) is 17.1 Å². The molecule has 0 atom stereocenters. The standard InChI is InChI=1S/C10H10N4.2C10H8N2/c11-7-4-6-14-10(9(7)12)8-3-1-2-5-13-8;2*1-3-7-11-9(5-1)10-6-2-4-8-12-10/h1-6H,12H2,(H2,11,14);2*1-8H. The van der Waals surface area contributed by atoms with Gasteiger partial charge in [-0.25, -0.2) is 0 Å². The molecule has 6 aromatic rings. The van der Waals surface area contributed by atoms with E-state index in [1.807, 2.05) is 91.0 Å². The van der Waals surface area contributed by atoms with Gasteiger partial charge in [0.1, 0.15) is 5.69 Å². The molecule has 0 spiro atoms. The second-order valence-electron chi connectivity index (χ2n) is 7.74. The number of nitrogens with zero attached hydrogens (tertiary/aromatic N) is 6. The van der Waals surface area contributed by atoms with Gasteiger partial charge in [0.05, 0.1) is 39.8 Å². The summed E-state index contributed by atoms with van der Waals surface area (Å²) in [5, 5.41) is 0. The van der Waals surface area contributed by atoms with Gasteiger partial charge in [0.25, 0.3) is 0 Å². The summed E-state index contributed by atoms with van der Waals surface area (Å²) in [4.78, 5) is 25.0. The highest BCUT2D eigenvalue weighted by atomic mass is 14.8. The number of nitrogens with two attached hydrogens (primary N) is 2. The van der Waals surface area contributed by atoms with Crippen molar-refractivity contribution >= 4 is 11.4 Å². The molecule has 8 heteroatoms. The number of pyridine rings is 6.